The molecule has 1 aliphatic rings. The molecule has 2 aromatic carbocycles. The highest BCUT2D eigenvalue weighted by atomic mass is 79.9. The average Bonchev–Trinajstić information content (AvgIpc) is 2.65. The Morgan fingerprint density at radius 2 is 1.95 bits per heavy atom. The van der Waals surface area contributed by atoms with E-state index in [-0.39, 0.29) is 17.3 Å². The molecule has 0 aromatic heterocycles. The zero-order chi connectivity index (χ0) is 14.3. The molecule has 0 saturated carbocycles. The van der Waals surface area contributed by atoms with Crippen LogP contribution in [-0.2, 0) is 6.42 Å². The van der Waals surface area contributed by atoms with Crippen LogP contribution in [0.2, 0.25) is 0 Å². The van der Waals surface area contributed by atoms with Crippen LogP contribution in [0, 0.1) is 11.2 Å². The van der Waals surface area contributed by atoms with Gasteiger partial charge in [-0.25, -0.2) is 4.39 Å². The molecule has 0 spiro atoms. The van der Waals surface area contributed by atoms with Gasteiger partial charge >= 0.3 is 0 Å². The normalized spacial score (nSPS) is 19.7. The second kappa shape index (κ2) is 4.88. The van der Waals surface area contributed by atoms with Gasteiger partial charge < -0.3 is 5.32 Å². The van der Waals surface area contributed by atoms with Gasteiger partial charge in [-0.1, -0.05) is 38.1 Å². The molecule has 104 valence electrons. The number of anilines is 1. The number of hydrogen-bond donors (Lipinski definition) is 1. The number of benzene rings is 2. The highest BCUT2D eigenvalue weighted by molar-refractivity contribution is 9.10. The molecule has 0 aliphatic heterocycles. The van der Waals surface area contributed by atoms with Crippen LogP contribution in [-0.4, -0.2) is 0 Å². The molecular formula is C17H17BrFN. The second-order valence-electron chi connectivity index (χ2n) is 6.07. The van der Waals surface area contributed by atoms with Crippen molar-refractivity contribution in [2.24, 2.45) is 5.41 Å². The van der Waals surface area contributed by atoms with Crippen molar-refractivity contribution in [2.75, 3.05) is 5.32 Å². The largest absolute Gasteiger partial charge is 0.378 e. The van der Waals surface area contributed by atoms with Gasteiger partial charge in [-0.3, -0.25) is 0 Å². The number of halogens is 2. The van der Waals surface area contributed by atoms with Crippen molar-refractivity contribution in [3.05, 3.63) is 63.9 Å². The topological polar surface area (TPSA) is 12.0 Å². The minimum atomic E-state index is -0.237. The Bertz CT molecular complexity index is 651. The lowest BCUT2D eigenvalue weighted by atomic mass is 9.85. The second-order valence-corrected chi connectivity index (χ2v) is 6.92. The molecule has 1 nitrogen and oxygen atoms in total. The van der Waals surface area contributed by atoms with Crippen LogP contribution in [0.15, 0.2) is 46.9 Å². The van der Waals surface area contributed by atoms with E-state index in [0.717, 1.165) is 12.1 Å². The van der Waals surface area contributed by atoms with Crippen molar-refractivity contribution in [1.82, 2.24) is 0 Å². The van der Waals surface area contributed by atoms with Gasteiger partial charge in [0.15, 0.2) is 0 Å². The SMILES string of the molecule is CC1(C)Cc2ccccc2C1Nc1ccc(Br)c(F)c1. The van der Waals surface area contributed by atoms with Gasteiger partial charge in [0.1, 0.15) is 5.82 Å². The monoisotopic (exact) mass is 333 g/mol. The standard InChI is InChI=1S/C17H17BrFN/c1-17(2)10-11-5-3-4-6-13(11)16(17)20-12-7-8-14(18)15(19)9-12/h3-9,16,20H,10H2,1-2H3. The van der Waals surface area contributed by atoms with Crippen molar-refractivity contribution in [1.29, 1.82) is 0 Å². The van der Waals surface area contributed by atoms with Gasteiger partial charge in [0, 0.05) is 5.69 Å². The Morgan fingerprint density at radius 3 is 2.70 bits per heavy atom. The highest BCUT2D eigenvalue weighted by Crippen LogP contribution is 2.46. The fourth-order valence-electron chi connectivity index (χ4n) is 3.02. The summed E-state index contributed by atoms with van der Waals surface area (Å²) < 4.78 is 14.1. The first kappa shape index (κ1) is 13.6. The molecule has 0 radical (unpaired) electrons. The van der Waals surface area contributed by atoms with Crippen LogP contribution in [0.5, 0.6) is 0 Å². The van der Waals surface area contributed by atoms with Gasteiger partial charge in [-0.05, 0) is 57.1 Å². The first-order valence-corrected chi connectivity index (χ1v) is 7.56. The maximum absolute atomic E-state index is 13.7. The molecule has 3 rings (SSSR count). The van der Waals surface area contributed by atoms with Crippen LogP contribution in [0.1, 0.15) is 31.0 Å². The van der Waals surface area contributed by atoms with Gasteiger partial charge in [0.05, 0.1) is 10.5 Å². The van der Waals surface area contributed by atoms with Crippen LogP contribution in [0.25, 0.3) is 0 Å². The molecule has 0 bridgehead atoms. The van der Waals surface area contributed by atoms with Crippen LogP contribution in [0.4, 0.5) is 10.1 Å². The van der Waals surface area contributed by atoms with Crippen molar-refractivity contribution in [2.45, 2.75) is 26.3 Å². The van der Waals surface area contributed by atoms with Crippen molar-refractivity contribution >= 4 is 21.6 Å². The molecule has 20 heavy (non-hydrogen) atoms. The molecule has 1 N–H and O–H groups in total. The van der Waals surface area contributed by atoms with Crippen LogP contribution >= 0.6 is 15.9 Å². The van der Waals surface area contributed by atoms with Crippen LogP contribution < -0.4 is 5.32 Å². The zero-order valence-electron chi connectivity index (χ0n) is 11.6. The maximum atomic E-state index is 13.7. The minimum absolute atomic E-state index is 0.118. The molecule has 1 aliphatic carbocycles. The third kappa shape index (κ3) is 2.35. The summed E-state index contributed by atoms with van der Waals surface area (Å²) in [7, 11) is 0. The van der Waals surface area contributed by atoms with Crippen molar-refractivity contribution in [3.8, 4) is 0 Å². The molecule has 0 amide bonds. The minimum Gasteiger partial charge on any atom is -0.378 e. The third-order valence-corrected chi connectivity index (χ3v) is 4.67. The number of rotatable bonds is 2. The Labute approximate surface area is 127 Å². The quantitative estimate of drug-likeness (QED) is 0.783. The summed E-state index contributed by atoms with van der Waals surface area (Å²) in [6.07, 6.45) is 1.04. The predicted molar refractivity (Wildman–Crippen MR) is 84.4 cm³/mol. The van der Waals surface area contributed by atoms with E-state index in [4.69, 9.17) is 0 Å². The van der Waals surface area contributed by atoms with E-state index in [0.29, 0.717) is 4.47 Å². The van der Waals surface area contributed by atoms with Gasteiger partial charge in [-0.15, -0.1) is 0 Å². The molecule has 0 saturated heterocycles. The number of fused-ring (bicyclic) bond motifs is 1. The number of nitrogens with one attached hydrogen (secondary N) is 1. The lowest BCUT2D eigenvalue weighted by Gasteiger charge is -2.29. The highest BCUT2D eigenvalue weighted by Gasteiger charge is 2.38. The molecule has 0 heterocycles. The summed E-state index contributed by atoms with van der Waals surface area (Å²) in [6, 6.07) is 13.9. The molecule has 3 heteroatoms. The predicted octanol–water partition coefficient (Wildman–Crippen LogP) is 5.32. The van der Waals surface area contributed by atoms with Crippen LogP contribution in [0.3, 0.4) is 0 Å². The molecular weight excluding hydrogens is 317 g/mol. The molecule has 1 atom stereocenters. The fourth-order valence-corrected chi connectivity index (χ4v) is 3.26. The first-order valence-electron chi connectivity index (χ1n) is 6.77. The average molecular weight is 334 g/mol. The third-order valence-electron chi connectivity index (χ3n) is 4.02. The summed E-state index contributed by atoms with van der Waals surface area (Å²) in [4.78, 5) is 0. The number of hydrogen-bond acceptors (Lipinski definition) is 1. The Balaban J connectivity index is 1.94. The maximum Gasteiger partial charge on any atom is 0.139 e. The Morgan fingerprint density at radius 1 is 1.20 bits per heavy atom. The van der Waals surface area contributed by atoms with E-state index >= 15 is 0 Å². The zero-order valence-corrected chi connectivity index (χ0v) is 13.2. The molecule has 1 unspecified atom stereocenters. The van der Waals surface area contributed by atoms with E-state index in [1.807, 2.05) is 6.07 Å². The molecule has 0 fully saturated rings. The van der Waals surface area contributed by atoms with E-state index < -0.39 is 0 Å². The summed E-state index contributed by atoms with van der Waals surface area (Å²) in [5, 5.41) is 3.49. The van der Waals surface area contributed by atoms with Crippen molar-refractivity contribution < 1.29 is 4.39 Å². The fraction of sp³-hybridized carbons (Fsp3) is 0.294. The lowest BCUT2D eigenvalue weighted by molar-refractivity contribution is 0.337. The van der Waals surface area contributed by atoms with E-state index in [9.17, 15) is 4.39 Å². The van der Waals surface area contributed by atoms with E-state index in [1.54, 1.807) is 12.1 Å². The Kier molecular flexibility index (Phi) is 3.33. The Hall–Kier alpha value is -1.35. The van der Waals surface area contributed by atoms with Gasteiger partial charge in [-0.2, -0.15) is 0 Å². The summed E-state index contributed by atoms with van der Waals surface area (Å²) >= 11 is 3.19. The van der Waals surface area contributed by atoms with Gasteiger partial charge in [0.2, 0.25) is 0 Å². The summed E-state index contributed by atoms with van der Waals surface area (Å²) in [5.74, 6) is -0.237. The molecule has 2 aromatic rings. The van der Waals surface area contributed by atoms with Crippen molar-refractivity contribution in [3.63, 3.8) is 0 Å². The smallest absolute Gasteiger partial charge is 0.139 e. The lowest BCUT2D eigenvalue weighted by Crippen LogP contribution is -2.24. The summed E-state index contributed by atoms with van der Waals surface area (Å²) in [5.41, 5.74) is 3.64. The van der Waals surface area contributed by atoms with Gasteiger partial charge in [0.25, 0.3) is 0 Å². The van der Waals surface area contributed by atoms with E-state index in [1.165, 1.54) is 11.1 Å². The van der Waals surface area contributed by atoms with E-state index in [2.05, 4.69) is 59.4 Å². The first-order chi connectivity index (χ1) is 9.47. The summed E-state index contributed by atoms with van der Waals surface area (Å²) in [6.45, 7) is 4.50.